The standard InChI is InChI=1S/C12H25NOS/c1-3-11-4-6-12(7-5-11)15(14)9-8-10(2)13/h10-12H,3-9,13H2,1-2H3. The van der Waals surface area contributed by atoms with Gasteiger partial charge in [0, 0.05) is 27.8 Å². The predicted molar refractivity (Wildman–Crippen MR) is 67.3 cm³/mol. The molecular weight excluding hydrogens is 206 g/mol. The summed E-state index contributed by atoms with van der Waals surface area (Å²) in [6.45, 7) is 4.25. The Morgan fingerprint density at radius 2 is 1.93 bits per heavy atom. The summed E-state index contributed by atoms with van der Waals surface area (Å²) in [5, 5.41) is 0.464. The van der Waals surface area contributed by atoms with Crippen LogP contribution >= 0.6 is 0 Å². The zero-order valence-electron chi connectivity index (χ0n) is 10.1. The Bertz CT molecular complexity index is 198. The van der Waals surface area contributed by atoms with Crippen LogP contribution in [0.1, 0.15) is 52.4 Å². The van der Waals surface area contributed by atoms with Crippen molar-refractivity contribution in [1.29, 1.82) is 0 Å². The molecule has 1 fully saturated rings. The number of hydrogen-bond donors (Lipinski definition) is 1. The van der Waals surface area contributed by atoms with E-state index in [1.807, 2.05) is 6.92 Å². The topological polar surface area (TPSA) is 43.1 Å². The van der Waals surface area contributed by atoms with Crippen molar-refractivity contribution in [3.05, 3.63) is 0 Å². The summed E-state index contributed by atoms with van der Waals surface area (Å²) in [4.78, 5) is 0. The molecule has 1 aliphatic rings. The lowest BCUT2D eigenvalue weighted by Gasteiger charge is -2.27. The number of hydrogen-bond acceptors (Lipinski definition) is 2. The molecule has 1 rings (SSSR count). The van der Waals surface area contributed by atoms with Crippen LogP contribution in [0.15, 0.2) is 0 Å². The normalized spacial score (nSPS) is 31.1. The quantitative estimate of drug-likeness (QED) is 0.790. The van der Waals surface area contributed by atoms with Gasteiger partial charge >= 0.3 is 0 Å². The van der Waals surface area contributed by atoms with Gasteiger partial charge in [0.2, 0.25) is 0 Å². The highest BCUT2D eigenvalue weighted by Crippen LogP contribution is 2.29. The second kappa shape index (κ2) is 6.64. The first-order valence-corrected chi connectivity index (χ1v) is 7.64. The summed E-state index contributed by atoms with van der Waals surface area (Å²) in [5.41, 5.74) is 5.68. The summed E-state index contributed by atoms with van der Waals surface area (Å²) in [6, 6.07) is 0.195. The molecule has 1 saturated carbocycles. The van der Waals surface area contributed by atoms with Crippen LogP contribution in [-0.4, -0.2) is 21.3 Å². The fourth-order valence-corrected chi connectivity index (χ4v) is 4.01. The molecule has 0 aromatic rings. The Labute approximate surface area is 96.5 Å². The average Bonchev–Trinajstić information content (AvgIpc) is 2.26. The van der Waals surface area contributed by atoms with Gasteiger partial charge in [-0.05, 0) is 44.9 Å². The van der Waals surface area contributed by atoms with Crippen molar-refractivity contribution in [3.8, 4) is 0 Å². The third kappa shape index (κ3) is 4.64. The van der Waals surface area contributed by atoms with Crippen LogP contribution in [0.25, 0.3) is 0 Å². The minimum absolute atomic E-state index is 0.195. The maximum absolute atomic E-state index is 12.0. The van der Waals surface area contributed by atoms with Gasteiger partial charge in [-0.15, -0.1) is 0 Å². The molecule has 0 aromatic heterocycles. The van der Waals surface area contributed by atoms with E-state index in [1.165, 1.54) is 32.1 Å². The lowest BCUT2D eigenvalue weighted by molar-refractivity contribution is 0.353. The number of rotatable bonds is 5. The molecule has 2 N–H and O–H groups in total. The van der Waals surface area contributed by atoms with Crippen LogP contribution in [0.4, 0.5) is 0 Å². The fourth-order valence-electron chi connectivity index (χ4n) is 2.27. The van der Waals surface area contributed by atoms with Crippen molar-refractivity contribution >= 4 is 10.8 Å². The molecular formula is C12H25NOS. The van der Waals surface area contributed by atoms with Gasteiger partial charge in [-0.3, -0.25) is 4.21 Å². The molecule has 3 heteroatoms. The smallest absolute Gasteiger partial charge is 0.0348 e. The highest BCUT2D eigenvalue weighted by molar-refractivity contribution is 7.85. The minimum atomic E-state index is -0.624. The van der Waals surface area contributed by atoms with E-state index < -0.39 is 10.8 Å². The average molecular weight is 231 g/mol. The van der Waals surface area contributed by atoms with Gasteiger partial charge in [-0.25, -0.2) is 0 Å². The first kappa shape index (κ1) is 13.2. The van der Waals surface area contributed by atoms with Gasteiger partial charge in [-0.1, -0.05) is 13.3 Å². The van der Waals surface area contributed by atoms with Crippen LogP contribution in [-0.2, 0) is 10.8 Å². The lowest BCUT2D eigenvalue weighted by atomic mass is 9.87. The molecule has 0 spiro atoms. The van der Waals surface area contributed by atoms with Gasteiger partial charge in [0.05, 0.1) is 0 Å². The third-order valence-electron chi connectivity index (χ3n) is 3.52. The summed E-state index contributed by atoms with van der Waals surface area (Å²) in [5.74, 6) is 1.70. The van der Waals surface area contributed by atoms with E-state index >= 15 is 0 Å². The first-order chi connectivity index (χ1) is 7.13. The van der Waals surface area contributed by atoms with Crippen molar-refractivity contribution in [3.63, 3.8) is 0 Å². The van der Waals surface area contributed by atoms with Crippen LogP contribution < -0.4 is 5.73 Å². The van der Waals surface area contributed by atoms with Crippen LogP contribution in [0.5, 0.6) is 0 Å². The maximum atomic E-state index is 12.0. The largest absolute Gasteiger partial charge is 0.328 e. The second-order valence-electron chi connectivity index (χ2n) is 4.90. The Morgan fingerprint density at radius 1 is 1.33 bits per heavy atom. The van der Waals surface area contributed by atoms with E-state index in [-0.39, 0.29) is 6.04 Å². The van der Waals surface area contributed by atoms with E-state index in [0.717, 1.165) is 18.1 Å². The summed E-state index contributed by atoms with van der Waals surface area (Å²) in [6.07, 6.45) is 7.10. The fraction of sp³-hybridized carbons (Fsp3) is 1.00. The van der Waals surface area contributed by atoms with Crippen molar-refractivity contribution in [2.45, 2.75) is 63.7 Å². The molecule has 1 aliphatic carbocycles. The van der Waals surface area contributed by atoms with E-state index in [9.17, 15) is 4.21 Å². The highest BCUT2D eigenvalue weighted by atomic mass is 32.2. The Kier molecular flexibility index (Phi) is 5.83. The molecule has 0 bridgehead atoms. The van der Waals surface area contributed by atoms with E-state index in [0.29, 0.717) is 5.25 Å². The molecule has 15 heavy (non-hydrogen) atoms. The minimum Gasteiger partial charge on any atom is -0.328 e. The third-order valence-corrected chi connectivity index (χ3v) is 5.37. The van der Waals surface area contributed by atoms with Gasteiger partial charge in [-0.2, -0.15) is 0 Å². The molecule has 0 saturated heterocycles. The molecule has 2 nitrogen and oxygen atoms in total. The first-order valence-electron chi connectivity index (χ1n) is 6.26. The monoisotopic (exact) mass is 231 g/mol. The van der Waals surface area contributed by atoms with Crippen LogP contribution in [0.2, 0.25) is 0 Å². The van der Waals surface area contributed by atoms with Crippen LogP contribution in [0, 0.1) is 5.92 Å². The van der Waals surface area contributed by atoms with Crippen LogP contribution in [0.3, 0.4) is 0 Å². The zero-order chi connectivity index (χ0) is 11.3. The summed E-state index contributed by atoms with van der Waals surface area (Å²) < 4.78 is 12.0. The van der Waals surface area contributed by atoms with Gasteiger partial charge < -0.3 is 5.73 Å². The molecule has 2 atom stereocenters. The Balaban J connectivity index is 2.24. The van der Waals surface area contributed by atoms with Gasteiger partial charge in [0.1, 0.15) is 0 Å². The predicted octanol–water partition coefficient (Wildman–Crippen LogP) is 2.44. The van der Waals surface area contributed by atoms with E-state index in [2.05, 4.69) is 6.92 Å². The lowest BCUT2D eigenvalue weighted by Crippen LogP contribution is -2.26. The second-order valence-corrected chi connectivity index (χ2v) is 6.74. The molecule has 0 aromatic carbocycles. The maximum Gasteiger partial charge on any atom is 0.0348 e. The Hall–Kier alpha value is 0.110. The van der Waals surface area contributed by atoms with Crippen molar-refractivity contribution in [2.75, 3.05) is 5.75 Å². The number of nitrogens with two attached hydrogens (primary N) is 1. The molecule has 0 heterocycles. The molecule has 0 amide bonds. The van der Waals surface area contributed by atoms with Crippen molar-refractivity contribution < 1.29 is 4.21 Å². The summed E-state index contributed by atoms with van der Waals surface area (Å²) in [7, 11) is -0.624. The molecule has 90 valence electrons. The van der Waals surface area contributed by atoms with E-state index in [1.54, 1.807) is 0 Å². The van der Waals surface area contributed by atoms with Crippen molar-refractivity contribution in [1.82, 2.24) is 0 Å². The molecule has 0 radical (unpaired) electrons. The van der Waals surface area contributed by atoms with Gasteiger partial charge in [0.15, 0.2) is 0 Å². The Morgan fingerprint density at radius 3 is 2.40 bits per heavy atom. The van der Waals surface area contributed by atoms with E-state index in [4.69, 9.17) is 5.73 Å². The van der Waals surface area contributed by atoms with Gasteiger partial charge in [0.25, 0.3) is 0 Å². The zero-order valence-corrected chi connectivity index (χ0v) is 10.9. The highest BCUT2D eigenvalue weighted by Gasteiger charge is 2.24. The molecule has 0 aliphatic heterocycles. The molecule has 2 unspecified atom stereocenters. The van der Waals surface area contributed by atoms with Crippen molar-refractivity contribution in [2.24, 2.45) is 11.7 Å². The summed E-state index contributed by atoms with van der Waals surface area (Å²) >= 11 is 0. The SMILES string of the molecule is CCC1CCC(S(=O)CCC(C)N)CC1.